The largest absolute Gasteiger partial charge is 1.00 e. The predicted octanol–water partition coefficient (Wildman–Crippen LogP) is 3.13. The quantitative estimate of drug-likeness (QED) is 0.0841. The van der Waals surface area contributed by atoms with Crippen molar-refractivity contribution in [3.63, 3.8) is 0 Å². The number of benzene rings is 2. The molecule has 2 heterocycles. The minimum atomic E-state index is 0. The van der Waals surface area contributed by atoms with E-state index in [0.717, 1.165) is 13.1 Å². The van der Waals surface area contributed by atoms with Gasteiger partial charge < -0.3 is 48.0 Å². The number of halogens is 2. The Morgan fingerprint density at radius 2 is 0.615 bits per heavy atom. The van der Waals surface area contributed by atoms with Gasteiger partial charge in [-0.05, 0) is 35.7 Å². The van der Waals surface area contributed by atoms with Gasteiger partial charge in [-0.1, -0.05) is 107 Å². The number of pyridine rings is 2. The van der Waals surface area contributed by atoms with Crippen LogP contribution in [0.25, 0.3) is 21.5 Å². The minimum Gasteiger partial charge on any atom is -1.00 e. The molecule has 2 aromatic carbocycles. The fraction of sp³-hybridized carbons (Fsp3) is 0.486. The van der Waals surface area contributed by atoms with Crippen molar-refractivity contribution in [1.82, 2.24) is 0 Å². The minimum absolute atomic E-state index is 0. The van der Waals surface area contributed by atoms with Gasteiger partial charge in [-0.15, -0.1) is 0 Å². The third-order valence-electron chi connectivity index (χ3n) is 7.83. The van der Waals surface area contributed by atoms with E-state index >= 15 is 0 Å². The maximum absolute atomic E-state index is 2.35. The number of aryl methyl sites for hydroxylation is 2. The highest BCUT2D eigenvalue weighted by molar-refractivity contribution is 5.80. The van der Waals surface area contributed by atoms with Gasteiger partial charge in [-0.3, -0.25) is 0 Å². The van der Waals surface area contributed by atoms with E-state index in [-0.39, 0.29) is 48.0 Å². The zero-order chi connectivity index (χ0) is 25.4. The van der Waals surface area contributed by atoms with Crippen LogP contribution in [0.2, 0.25) is 0 Å². The summed E-state index contributed by atoms with van der Waals surface area (Å²) in [6, 6.07) is 21.8. The number of rotatable bonds is 18. The topological polar surface area (TPSA) is 7.76 Å². The molecule has 0 N–H and O–H groups in total. The van der Waals surface area contributed by atoms with Crippen molar-refractivity contribution < 1.29 is 57.1 Å². The van der Waals surface area contributed by atoms with Crippen LogP contribution >= 0.6 is 0 Å². The molecule has 0 spiro atoms. The summed E-state index contributed by atoms with van der Waals surface area (Å²) >= 11 is 0. The molecular weight excluding hydrogens is 702 g/mol. The molecule has 0 radical (unpaired) electrons. The van der Waals surface area contributed by atoms with Crippen LogP contribution in [0.4, 0.5) is 0 Å². The molecule has 2 nitrogen and oxygen atoms in total. The highest BCUT2D eigenvalue weighted by Gasteiger charge is 2.04. The third-order valence-corrected chi connectivity index (χ3v) is 7.83. The molecule has 0 saturated carbocycles. The Labute approximate surface area is 271 Å². The molecule has 0 saturated heterocycles. The van der Waals surface area contributed by atoms with Crippen LogP contribution in [0.3, 0.4) is 0 Å². The SMILES string of the molecule is [I-].[I-].c1ccc2c[n+](CCCCCCCCCCCCCCCCC[n+]3ccc4ccccc4c3)ccc2c1. The van der Waals surface area contributed by atoms with E-state index in [1.54, 1.807) is 0 Å². The summed E-state index contributed by atoms with van der Waals surface area (Å²) in [5.74, 6) is 0. The molecule has 0 fully saturated rings. The van der Waals surface area contributed by atoms with Gasteiger partial charge in [0.25, 0.3) is 0 Å². The van der Waals surface area contributed by atoms with Gasteiger partial charge in [-0.2, -0.15) is 0 Å². The molecule has 0 aliphatic rings. The van der Waals surface area contributed by atoms with Crippen molar-refractivity contribution in [2.75, 3.05) is 0 Å². The Morgan fingerprint density at radius 1 is 0.333 bits per heavy atom. The lowest BCUT2D eigenvalue weighted by Gasteiger charge is -2.04. The zero-order valence-electron chi connectivity index (χ0n) is 23.8. The summed E-state index contributed by atoms with van der Waals surface area (Å²) in [6.07, 6.45) is 30.0. The molecule has 39 heavy (non-hydrogen) atoms. The average Bonchev–Trinajstić information content (AvgIpc) is 2.94. The molecule has 0 bridgehead atoms. The first-order chi connectivity index (χ1) is 18.4. The molecule has 0 amide bonds. The van der Waals surface area contributed by atoms with E-state index in [4.69, 9.17) is 0 Å². The average molecular weight is 751 g/mol. The Kier molecular flexibility index (Phi) is 17.9. The van der Waals surface area contributed by atoms with Gasteiger partial charge in [-0.25, -0.2) is 9.13 Å². The predicted molar refractivity (Wildman–Crippen MR) is 158 cm³/mol. The number of nitrogens with zero attached hydrogens (tertiary/aromatic N) is 2. The molecular formula is C35H48I2N2. The standard InChI is InChI=1S/C35H48N2.2HI/c1(2-4-6-8-10-12-18-26-36-28-24-32-20-14-16-22-34(32)30-36)3-5-7-9-11-13-19-27-37-29-25-33-21-15-17-23-35(33)31-37;;/h14-17,20-25,28-31H,1-13,18-19,26-27H2;2*1H/q+2;;/p-2. The van der Waals surface area contributed by atoms with E-state index in [1.165, 1.54) is 118 Å². The first-order valence-electron chi connectivity index (χ1n) is 15.1. The van der Waals surface area contributed by atoms with Crippen LogP contribution in [-0.2, 0) is 13.1 Å². The normalized spacial score (nSPS) is 10.9. The van der Waals surface area contributed by atoms with Gasteiger partial charge in [0.15, 0.2) is 24.8 Å². The van der Waals surface area contributed by atoms with Crippen molar-refractivity contribution in [3.8, 4) is 0 Å². The molecule has 212 valence electrons. The van der Waals surface area contributed by atoms with Crippen LogP contribution < -0.4 is 57.1 Å². The highest BCUT2D eigenvalue weighted by atomic mass is 127. The highest BCUT2D eigenvalue weighted by Crippen LogP contribution is 2.14. The van der Waals surface area contributed by atoms with E-state index < -0.39 is 0 Å². The van der Waals surface area contributed by atoms with Crippen LogP contribution in [0.5, 0.6) is 0 Å². The Morgan fingerprint density at radius 3 is 0.949 bits per heavy atom. The first kappa shape index (κ1) is 33.9. The number of hydrogen-bond donors (Lipinski definition) is 0. The van der Waals surface area contributed by atoms with Crippen LogP contribution in [-0.4, -0.2) is 0 Å². The smallest absolute Gasteiger partial charge is 0.176 e. The summed E-state index contributed by atoms with van der Waals surface area (Å²) < 4.78 is 4.71. The van der Waals surface area contributed by atoms with Crippen LogP contribution in [0, 0.1) is 0 Å². The monoisotopic (exact) mass is 750 g/mol. The number of fused-ring (bicyclic) bond motifs is 2. The van der Waals surface area contributed by atoms with E-state index in [2.05, 4.69) is 94.6 Å². The molecule has 0 atom stereocenters. The van der Waals surface area contributed by atoms with Gasteiger partial charge in [0.05, 0.1) is 0 Å². The van der Waals surface area contributed by atoms with Crippen molar-refractivity contribution >= 4 is 21.5 Å². The van der Waals surface area contributed by atoms with Gasteiger partial charge in [0, 0.05) is 35.7 Å². The van der Waals surface area contributed by atoms with Crippen molar-refractivity contribution in [3.05, 3.63) is 85.5 Å². The second kappa shape index (κ2) is 20.6. The summed E-state index contributed by atoms with van der Waals surface area (Å²) in [5.41, 5.74) is 0. The van der Waals surface area contributed by atoms with Crippen molar-refractivity contribution in [2.45, 2.75) is 109 Å². The van der Waals surface area contributed by atoms with Gasteiger partial charge in [0.1, 0.15) is 13.1 Å². The zero-order valence-corrected chi connectivity index (χ0v) is 28.1. The lowest BCUT2D eigenvalue weighted by atomic mass is 10.0. The van der Waals surface area contributed by atoms with E-state index in [9.17, 15) is 0 Å². The molecule has 4 aromatic rings. The second-order valence-electron chi connectivity index (χ2n) is 10.9. The van der Waals surface area contributed by atoms with Crippen LogP contribution in [0.15, 0.2) is 85.5 Å². The lowest BCUT2D eigenvalue weighted by Crippen LogP contribution is -3.00. The molecule has 0 unspecified atom stereocenters. The molecule has 0 aliphatic carbocycles. The second-order valence-corrected chi connectivity index (χ2v) is 10.9. The van der Waals surface area contributed by atoms with Gasteiger partial charge >= 0.3 is 0 Å². The fourth-order valence-corrected chi connectivity index (χ4v) is 5.52. The third kappa shape index (κ3) is 12.8. The van der Waals surface area contributed by atoms with Crippen molar-refractivity contribution in [2.24, 2.45) is 0 Å². The lowest BCUT2D eigenvalue weighted by molar-refractivity contribution is -0.696. The van der Waals surface area contributed by atoms with Crippen molar-refractivity contribution in [1.29, 1.82) is 0 Å². The summed E-state index contributed by atoms with van der Waals surface area (Å²) in [7, 11) is 0. The molecule has 4 rings (SSSR count). The summed E-state index contributed by atoms with van der Waals surface area (Å²) in [4.78, 5) is 0. The molecule has 0 aliphatic heterocycles. The van der Waals surface area contributed by atoms with E-state index in [0.29, 0.717) is 0 Å². The number of aromatic nitrogens is 2. The Bertz CT molecular complexity index is 1100. The first-order valence-corrected chi connectivity index (χ1v) is 15.1. The number of unbranched alkanes of at least 4 members (excludes halogenated alkanes) is 14. The maximum atomic E-state index is 2.35. The fourth-order valence-electron chi connectivity index (χ4n) is 5.52. The Hall–Kier alpha value is -1.28. The number of hydrogen-bond acceptors (Lipinski definition) is 0. The molecule has 2 aromatic heterocycles. The van der Waals surface area contributed by atoms with Crippen LogP contribution in [0.1, 0.15) is 96.3 Å². The van der Waals surface area contributed by atoms with Gasteiger partial charge in [0.2, 0.25) is 0 Å². The van der Waals surface area contributed by atoms with E-state index in [1.807, 2.05) is 0 Å². The Balaban J connectivity index is 0.00000267. The summed E-state index contributed by atoms with van der Waals surface area (Å²) in [5, 5.41) is 5.36. The summed E-state index contributed by atoms with van der Waals surface area (Å²) in [6.45, 7) is 2.29. The molecule has 4 heteroatoms. The maximum Gasteiger partial charge on any atom is 0.176 e.